The molecule has 4 aromatic rings. The van der Waals surface area contributed by atoms with Crippen LogP contribution < -0.4 is 20.0 Å². The van der Waals surface area contributed by atoms with Crippen molar-refractivity contribution in [3.8, 4) is 5.75 Å². The van der Waals surface area contributed by atoms with Crippen LogP contribution in [0.25, 0.3) is 10.9 Å². The molecule has 1 aliphatic carbocycles. The van der Waals surface area contributed by atoms with Gasteiger partial charge in [-0.2, -0.15) is 0 Å². The summed E-state index contributed by atoms with van der Waals surface area (Å²) < 4.78 is 24.7. The molecule has 2 aliphatic heterocycles. The van der Waals surface area contributed by atoms with Crippen molar-refractivity contribution >= 4 is 45.8 Å². The number of hydrogen-bond acceptors (Lipinski definition) is 10. The summed E-state index contributed by atoms with van der Waals surface area (Å²) in [5.41, 5.74) is 1.34. The number of carbonyl (C=O) groups is 3. The summed E-state index contributed by atoms with van der Waals surface area (Å²) in [6.45, 7) is 4.82. The number of carbonyl (C=O) groups excluding carboxylic acids is 2. The van der Waals surface area contributed by atoms with Crippen LogP contribution in [0.3, 0.4) is 0 Å². The zero-order chi connectivity index (χ0) is 35.3. The molecule has 2 amide bonds. The molecule has 1 unspecified atom stereocenters. The number of fused-ring (bicyclic) bond motifs is 2. The van der Waals surface area contributed by atoms with Gasteiger partial charge in [-0.1, -0.05) is 28.6 Å². The summed E-state index contributed by atoms with van der Waals surface area (Å²) in [5, 5.41) is 21.9. The molecule has 4 heterocycles. The lowest BCUT2D eigenvalue weighted by Crippen LogP contribution is -2.55. The van der Waals surface area contributed by atoms with Crippen LogP contribution in [0.15, 0.2) is 52.7 Å². The third kappa shape index (κ3) is 5.69. The molecule has 1 atom stereocenters. The van der Waals surface area contributed by atoms with Crippen molar-refractivity contribution in [1.29, 1.82) is 0 Å². The Kier molecular flexibility index (Phi) is 8.45. The van der Waals surface area contributed by atoms with Crippen LogP contribution in [0.4, 0.5) is 15.8 Å². The summed E-state index contributed by atoms with van der Waals surface area (Å²) >= 11 is 0. The average Bonchev–Trinajstić information content (AvgIpc) is 3.79. The van der Waals surface area contributed by atoms with Crippen molar-refractivity contribution in [3.05, 3.63) is 75.6 Å². The second-order valence-electron chi connectivity index (χ2n) is 12.5. The number of rotatable bonds is 10. The van der Waals surface area contributed by atoms with Crippen LogP contribution in [0.1, 0.15) is 54.3 Å². The van der Waals surface area contributed by atoms with Crippen LogP contribution >= 0.6 is 0 Å². The predicted molar refractivity (Wildman–Crippen MR) is 179 cm³/mol. The molecule has 1 saturated heterocycles. The molecule has 2 fully saturated rings. The molecule has 0 radical (unpaired) electrons. The minimum absolute atomic E-state index is 0.0209. The molecule has 1 saturated carbocycles. The van der Waals surface area contributed by atoms with Gasteiger partial charge in [-0.3, -0.25) is 14.4 Å². The van der Waals surface area contributed by atoms with Crippen molar-refractivity contribution in [2.45, 2.75) is 51.9 Å². The number of piperazine rings is 1. The van der Waals surface area contributed by atoms with Gasteiger partial charge in [0.25, 0.3) is 5.91 Å². The number of anilines is 2. The molecule has 0 spiro atoms. The zero-order valence-electron chi connectivity index (χ0n) is 27.7. The Morgan fingerprint density at radius 2 is 1.92 bits per heavy atom. The topological polar surface area (TPSA) is 165 Å². The number of carboxylic acid groups (broad SMARTS) is 1. The van der Waals surface area contributed by atoms with Gasteiger partial charge >= 0.3 is 5.97 Å². The van der Waals surface area contributed by atoms with E-state index in [1.807, 2.05) is 25.1 Å². The fourth-order valence-corrected chi connectivity index (χ4v) is 6.77. The molecule has 1 N–H and O–H groups in total. The van der Waals surface area contributed by atoms with Crippen LogP contribution in [0, 0.1) is 5.82 Å². The Labute approximate surface area is 285 Å². The summed E-state index contributed by atoms with van der Waals surface area (Å²) in [4.78, 5) is 61.7. The summed E-state index contributed by atoms with van der Waals surface area (Å²) in [7, 11) is 1.39. The average molecular weight is 687 g/mol. The fourth-order valence-electron chi connectivity index (χ4n) is 6.77. The molecule has 0 bridgehead atoms. The first kappa shape index (κ1) is 32.7. The normalized spacial score (nSPS) is 18.2. The molecule has 2 aromatic heterocycles. The van der Waals surface area contributed by atoms with E-state index in [9.17, 15) is 24.3 Å². The third-order valence-corrected chi connectivity index (χ3v) is 9.22. The van der Waals surface area contributed by atoms with E-state index in [4.69, 9.17) is 9.57 Å². The first-order valence-electron chi connectivity index (χ1n) is 16.3. The van der Waals surface area contributed by atoms with Gasteiger partial charge in [-0.25, -0.2) is 13.9 Å². The number of aromatic carboxylic acids is 1. The number of oxime groups is 1. The van der Waals surface area contributed by atoms with E-state index in [-0.39, 0.29) is 79.2 Å². The molecular weight excluding hydrogens is 651 g/mol. The first-order chi connectivity index (χ1) is 24.1. The molecule has 50 heavy (non-hydrogen) atoms. The maximum Gasteiger partial charge on any atom is 0.341 e. The van der Waals surface area contributed by atoms with E-state index in [0.29, 0.717) is 29.1 Å². The molecule has 2 aromatic carbocycles. The van der Waals surface area contributed by atoms with Gasteiger partial charge in [0.2, 0.25) is 11.3 Å². The van der Waals surface area contributed by atoms with Gasteiger partial charge in [0.15, 0.2) is 17.3 Å². The van der Waals surface area contributed by atoms with E-state index in [2.05, 4.69) is 15.5 Å². The van der Waals surface area contributed by atoms with E-state index < -0.39 is 22.8 Å². The van der Waals surface area contributed by atoms with Crippen LogP contribution in [-0.2, 0) is 27.5 Å². The number of halogens is 1. The van der Waals surface area contributed by atoms with Gasteiger partial charge in [-0.05, 0) is 38.8 Å². The highest BCUT2D eigenvalue weighted by Gasteiger charge is 2.36. The lowest BCUT2D eigenvalue weighted by Gasteiger charge is -2.41. The van der Waals surface area contributed by atoms with Crippen molar-refractivity contribution < 1.29 is 33.5 Å². The first-order valence-corrected chi connectivity index (χ1v) is 16.3. The summed E-state index contributed by atoms with van der Waals surface area (Å²) in [6, 6.07) is 8.00. The standard InChI is InChI=1S/C34H35FN8O7/c1-4-50-37-28-22-7-5-6-8-26(22)43(33(28)46)16-20-15-40(38-36-20)18-27(44)41-12-11-39(14-19(41)2)30-25(35)13-23-29(32(30)49-3)42(21-9-10-21)17-24(31(23)45)34(47)48/h5-8,13,15,17,19,21H,4,9-12,14,16,18H2,1-3H3,(H,47,48)/b37-28+. The molecule has 16 heteroatoms. The Morgan fingerprint density at radius 1 is 1.14 bits per heavy atom. The highest BCUT2D eigenvalue weighted by molar-refractivity contribution is 6.54. The number of amides is 2. The second-order valence-corrected chi connectivity index (χ2v) is 12.5. The maximum absolute atomic E-state index is 15.9. The molecule has 7 rings (SSSR count). The number of pyridine rings is 1. The van der Waals surface area contributed by atoms with Crippen LogP contribution in [0.2, 0.25) is 0 Å². The van der Waals surface area contributed by atoms with Crippen LogP contribution in [0.5, 0.6) is 5.75 Å². The number of ether oxygens (including phenoxy) is 1. The minimum atomic E-state index is -1.37. The SMILES string of the molecule is CCO/N=C1/C(=O)N(Cc2cn(CC(=O)N3CCN(c4c(F)cc5c(=O)c(C(=O)O)cn(C6CC6)c5c4OC)CC3C)nn2)c2ccccc21. The second kappa shape index (κ2) is 12.9. The number of hydrogen-bond donors (Lipinski definition) is 1. The van der Waals surface area contributed by atoms with Gasteiger partial charge in [-0.15, -0.1) is 5.10 Å². The number of methoxy groups -OCH3 is 1. The van der Waals surface area contributed by atoms with Crippen molar-refractivity contribution in [1.82, 2.24) is 24.5 Å². The van der Waals surface area contributed by atoms with Gasteiger partial charge in [0.05, 0.1) is 36.4 Å². The Bertz CT molecular complexity index is 2120. The molecule has 3 aliphatic rings. The number of nitrogens with zero attached hydrogens (tertiary/aromatic N) is 8. The summed E-state index contributed by atoms with van der Waals surface area (Å²) in [6.07, 6.45) is 4.54. The highest BCUT2D eigenvalue weighted by Crippen LogP contribution is 2.44. The summed E-state index contributed by atoms with van der Waals surface area (Å²) in [5.74, 6) is -2.47. The number of benzene rings is 2. The van der Waals surface area contributed by atoms with Gasteiger partial charge < -0.3 is 33.9 Å². The van der Waals surface area contributed by atoms with Crippen molar-refractivity contribution in [3.63, 3.8) is 0 Å². The number of aromatic nitrogens is 4. The Morgan fingerprint density at radius 3 is 2.62 bits per heavy atom. The van der Waals surface area contributed by atoms with Gasteiger partial charge in [0, 0.05) is 43.5 Å². The van der Waals surface area contributed by atoms with E-state index in [0.717, 1.165) is 18.9 Å². The van der Waals surface area contributed by atoms with Gasteiger partial charge in [0.1, 0.15) is 30.1 Å². The lowest BCUT2D eigenvalue weighted by atomic mass is 10.1. The third-order valence-electron chi connectivity index (χ3n) is 9.22. The zero-order valence-corrected chi connectivity index (χ0v) is 27.7. The molecule has 15 nitrogen and oxygen atoms in total. The number of para-hydroxylation sites is 1. The Balaban J connectivity index is 1.07. The largest absolute Gasteiger partial charge is 0.492 e. The van der Waals surface area contributed by atoms with E-state index in [1.165, 1.54) is 18.0 Å². The quantitative estimate of drug-likeness (QED) is 0.245. The Hall–Kier alpha value is -5.80. The highest BCUT2D eigenvalue weighted by atomic mass is 19.1. The molecule has 260 valence electrons. The lowest BCUT2D eigenvalue weighted by molar-refractivity contribution is -0.134. The van der Waals surface area contributed by atoms with Crippen molar-refractivity contribution in [2.24, 2.45) is 5.16 Å². The van der Waals surface area contributed by atoms with E-state index in [1.54, 1.807) is 38.5 Å². The smallest absolute Gasteiger partial charge is 0.341 e. The predicted octanol–water partition coefficient (Wildman–Crippen LogP) is 2.80. The number of carboxylic acids is 1. The maximum atomic E-state index is 15.9. The molecular formula is C34H35FN8O7. The fraction of sp³-hybridized carbons (Fsp3) is 0.382. The van der Waals surface area contributed by atoms with E-state index >= 15 is 4.39 Å². The monoisotopic (exact) mass is 686 g/mol. The van der Waals surface area contributed by atoms with Crippen LogP contribution in [-0.4, -0.2) is 92.5 Å². The minimum Gasteiger partial charge on any atom is -0.492 e. The van der Waals surface area contributed by atoms with Crippen molar-refractivity contribution in [2.75, 3.05) is 43.2 Å².